The molecule has 0 radical (unpaired) electrons. The van der Waals surface area contributed by atoms with Crippen molar-refractivity contribution in [1.82, 2.24) is 19.2 Å². The van der Waals surface area contributed by atoms with Gasteiger partial charge in [0, 0.05) is 33.2 Å². The summed E-state index contributed by atoms with van der Waals surface area (Å²) in [4.78, 5) is 11.3. The lowest BCUT2D eigenvalue weighted by Gasteiger charge is -2.30. The highest BCUT2D eigenvalue weighted by molar-refractivity contribution is 7.86. The van der Waals surface area contributed by atoms with Gasteiger partial charge in [0.2, 0.25) is 5.91 Å². The van der Waals surface area contributed by atoms with Crippen LogP contribution in [0.15, 0.2) is 0 Å². The predicted molar refractivity (Wildman–Crippen MR) is 65.1 cm³/mol. The molecule has 0 bridgehead atoms. The second-order valence-electron chi connectivity index (χ2n) is 4.30. The summed E-state index contributed by atoms with van der Waals surface area (Å²) in [6, 6.07) is 0. The highest BCUT2D eigenvalue weighted by Crippen LogP contribution is 2.12. The van der Waals surface area contributed by atoms with Gasteiger partial charge in [-0.2, -0.15) is 30.2 Å². The van der Waals surface area contributed by atoms with E-state index in [-0.39, 0.29) is 13.1 Å². The van der Waals surface area contributed by atoms with E-state index in [0.717, 1.165) is 11.4 Å². The zero-order valence-electron chi connectivity index (χ0n) is 10.9. The van der Waals surface area contributed by atoms with Crippen molar-refractivity contribution < 1.29 is 26.4 Å². The molecule has 0 saturated carbocycles. The van der Waals surface area contributed by atoms with Gasteiger partial charge in [0.15, 0.2) is 0 Å². The fourth-order valence-corrected chi connectivity index (χ4v) is 2.93. The molecular weight excluding hydrogens is 301 g/mol. The van der Waals surface area contributed by atoms with Crippen LogP contribution in [0.4, 0.5) is 13.2 Å². The third-order valence-corrected chi connectivity index (χ3v) is 4.58. The molecule has 118 valence electrons. The molecule has 1 aliphatic heterocycles. The maximum absolute atomic E-state index is 12.0. The molecule has 7 nitrogen and oxygen atoms in total. The van der Waals surface area contributed by atoms with Gasteiger partial charge in [-0.15, -0.1) is 0 Å². The summed E-state index contributed by atoms with van der Waals surface area (Å²) in [5, 5.41) is 4.60. The zero-order valence-corrected chi connectivity index (χ0v) is 11.7. The summed E-state index contributed by atoms with van der Waals surface area (Å²) in [5.74, 6) is -0.997. The molecule has 0 spiro atoms. The van der Waals surface area contributed by atoms with Crippen molar-refractivity contribution in [3.63, 3.8) is 0 Å². The monoisotopic (exact) mass is 318 g/mol. The minimum Gasteiger partial charge on any atom is -0.346 e. The van der Waals surface area contributed by atoms with Crippen LogP contribution >= 0.6 is 0 Å². The molecule has 1 aliphatic rings. The van der Waals surface area contributed by atoms with E-state index in [0.29, 0.717) is 13.1 Å². The number of alkyl halides is 3. The molecule has 0 unspecified atom stereocenters. The Morgan fingerprint density at radius 3 is 2.40 bits per heavy atom. The number of hydrogen-bond acceptors (Lipinski definition) is 4. The summed E-state index contributed by atoms with van der Waals surface area (Å²) in [5.41, 5.74) is 0. The molecule has 0 aromatic carbocycles. The van der Waals surface area contributed by atoms with Gasteiger partial charge in [-0.05, 0) is 0 Å². The van der Waals surface area contributed by atoms with Crippen LogP contribution in [0.3, 0.4) is 0 Å². The first kappa shape index (κ1) is 17.1. The number of nitrogens with one attached hydrogen (secondary N) is 2. The highest BCUT2D eigenvalue weighted by atomic mass is 32.2. The van der Waals surface area contributed by atoms with Crippen molar-refractivity contribution >= 4 is 16.1 Å². The third-order valence-electron chi connectivity index (χ3n) is 2.65. The SMILES string of the molecule is CN(CC(=O)NCC(F)(F)F)S(=O)(=O)N1CCNCC1. The Balaban J connectivity index is 2.52. The first-order valence-corrected chi connectivity index (χ1v) is 7.28. The first-order valence-electron chi connectivity index (χ1n) is 5.88. The van der Waals surface area contributed by atoms with E-state index in [4.69, 9.17) is 0 Å². The largest absolute Gasteiger partial charge is 0.405 e. The van der Waals surface area contributed by atoms with Crippen LogP contribution in [0.2, 0.25) is 0 Å². The lowest BCUT2D eigenvalue weighted by atomic mass is 10.4. The van der Waals surface area contributed by atoms with Gasteiger partial charge >= 0.3 is 6.18 Å². The molecule has 0 aromatic rings. The summed E-state index contributed by atoms with van der Waals surface area (Å²) in [6.45, 7) is -0.621. The molecule has 0 atom stereocenters. The second kappa shape index (κ2) is 6.70. The Labute approximate surface area is 115 Å². The average Bonchev–Trinajstić information content (AvgIpc) is 2.36. The smallest absolute Gasteiger partial charge is 0.346 e. The standard InChI is InChI=1S/C9H17F3N4O3S/c1-15(6-8(17)14-7-9(10,11)12)20(18,19)16-4-2-13-3-5-16/h13H,2-7H2,1H3,(H,14,17). The van der Waals surface area contributed by atoms with Crippen molar-refractivity contribution in [3.8, 4) is 0 Å². The number of likely N-dealkylation sites (N-methyl/N-ethyl adjacent to an activating group) is 1. The van der Waals surface area contributed by atoms with Crippen LogP contribution in [0.1, 0.15) is 0 Å². The van der Waals surface area contributed by atoms with Gasteiger partial charge in [-0.25, -0.2) is 0 Å². The minimum atomic E-state index is -4.52. The van der Waals surface area contributed by atoms with E-state index in [1.54, 1.807) is 5.32 Å². The number of piperazine rings is 1. The van der Waals surface area contributed by atoms with Crippen LogP contribution in [0.25, 0.3) is 0 Å². The fourth-order valence-electron chi connectivity index (χ4n) is 1.61. The summed E-state index contributed by atoms with van der Waals surface area (Å²) in [6.07, 6.45) is -4.52. The third kappa shape index (κ3) is 5.23. The Morgan fingerprint density at radius 2 is 1.90 bits per heavy atom. The molecular formula is C9H17F3N4O3S. The van der Waals surface area contributed by atoms with Gasteiger partial charge < -0.3 is 10.6 Å². The van der Waals surface area contributed by atoms with Gasteiger partial charge in [0.1, 0.15) is 6.54 Å². The summed E-state index contributed by atoms with van der Waals surface area (Å²) >= 11 is 0. The predicted octanol–water partition coefficient (Wildman–Crippen LogP) is -1.25. The quantitative estimate of drug-likeness (QED) is 0.663. The normalized spacial score (nSPS) is 18.2. The lowest BCUT2D eigenvalue weighted by Crippen LogP contribution is -2.52. The van der Waals surface area contributed by atoms with E-state index in [2.05, 4.69) is 5.32 Å². The van der Waals surface area contributed by atoms with Crippen molar-refractivity contribution in [2.24, 2.45) is 0 Å². The average molecular weight is 318 g/mol. The van der Waals surface area contributed by atoms with Crippen LogP contribution in [-0.2, 0) is 15.0 Å². The molecule has 20 heavy (non-hydrogen) atoms. The van der Waals surface area contributed by atoms with Crippen LogP contribution < -0.4 is 10.6 Å². The van der Waals surface area contributed by atoms with Crippen molar-refractivity contribution in [2.45, 2.75) is 6.18 Å². The van der Waals surface area contributed by atoms with Crippen LogP contribution in [-0.4, -0.2) is 75.4 Å². The molecule has 1 fully saturated rings. The number of rotatable bonds is 5. The first-order chi connectivity index (χ1) is 9.13. The Kier molecular flexibility index (Phi) is 5.74. The Hall–Kier alpha value is -0.910. The molecule has 11 heteroatoms. The zero-order chi connectivity index (χ0) is 15.4. The second-order valence-corrected chi connectivity index (χ2v) is 6.34. The molecule has 0 aromatic heterocycles. The molecule has 0 aliphatic carbocycles. The minimum absolute atomic E-state index is 0.261. The van der Waals surface area contributed by atoms with E-state index >= 15 is 0 Å². The number of carbonyl (C=O) groups excluding carboxylic acids is 1. The van der Waals surface area contributed by atoms with Gasteiger partial charge in [0.05, 0.1) is 6.54 Å². The Morgan fingerprint density at radius 1 is 1.35 bits per heavy atom. The van der Waals surface area contributed by atoms with E-state index < -0.39 is 35.4 Å². The molecule has 2 N–H and O–H groups in total. The maximum atomic E-state index is 12.0. The van der Waals surface area contributed by atoms with Gasteiger partial charge in [-0.1, -0.05) is 0 Å². The fraction of sp³-hybridized carbons (Fsp3) is 0.889. The van der Waals surface area contributed by atoms with Crippen LogP contribution in [0, 0.1) is 0 Å². The number of amides is 1. The van der Waals surface area contributed by atoms with Gasteiger partial charge in [0.25, 0.3) is 10.2 Å². The maximum Gasteiger partial charge on any atom is 0.405 e. The summed E-state index contributed by atoms with van der Waals surface area (Å²) in [7, 11) is -2.67. The van der Waals surface area contributed by atoms with E-state index in [9.17, 15) is 26.4 Å². The number of hydrogen-bond donors (Lipinski definition) is 2. The highest BCUT2D eigenvalue weighted by Gasteiger charge is 2.31. The van der Waals surface area contributed by atoms with Crippen LogP contribution in [0.5, 0.6) is 0 Å². The van der Waals surface area contributed by atoms with Crippen molar-refractivity contribution in [1.29, 1.82) is 0 Å². The van der Waals surface area contributed by atoms with E-state index in [1.807, 2.05) is 0 Å². The number of carbonyl (C=O) groups is 1. The number of nitrogens with zero attached hydrogens (tertiary/aromatic N) is 2. The van der Waals surface area contributed by atoms with Crippen molar-refractivity contribution in [2.75, 3.05) is 46.3 Å². The number of halogens is 3. The topological polar surface area (TPSA) is 81.8 Å². The van der Waals surface area contributed by atoms with E-state index in [1.165, 1.54) is 4.31 Å². The molecule has 1 rings (SSSR count). The molecule has 1 amide bonds. The van der Waals surface area contributed by atoms with Gasteiger partial charge in [-0.3, -0.25) is 4.79 Å². The summed E-state index contributed by atoms with van der Waals surface area (Å²) < 4.78 is 61.8. The Bertz CT molecular complexity index is 434. The van der Waals surface area contributed by atoms with Crippen molar-refractivity contribution in [3.05, 3.63) is 0 Å². The lowest BCUT2D eigenvalue weighted by molar-refractivity contribution is -0.138. The molecule has 1 saturated heterocycles. The molecule has 1 heterocycles.